The van der Waals surface area contributed by atoms with Crippen molar-refractivity contribution in [1.82, 2.24) is 4.98 Å². The zero-order valence-electron chi connectivity index (χ0n) is 15.6. The molecule has 0 fully saturated rings. The van der Waals surface area contributed by atoms with Gasteiger partial charge in [-0.1, -0.05) is 35.9 Å². The molecule has 1 amide bonds. The summed E-state index contributed by atoms with van der Waals surface area (Å²) in [5.41, 5.74) is 3.09. The molecule has 0 bridgehead atoms. The van der Waals surface area contributed by atoms with Crippen LogP contribution in [0.3, 0.4) is 0 Å². The quantitative estimate of drug-likeness (QED) is 0.560. The van der Waals surface area contributed by atoms with Gasteiger partial charge in [0, 0.05) is 24.0 Å². The van der Waals surface area contributed by atoms with Gasteiger partial charge < -0.3 is 15.4 Å². The number of aromatic nitrogens is 1. The van der Waals surface area contributed by atoms with E-state index < -0.39 is 0 Å². The van der Waals surface area contributed by atoms with E-state index in [2.05, 4.69) is 15.6 Å². The molecule has 28 heavy (non-hydrogen) atoms. The fourth-order valence-electron chi connectivity index (χ4n) is 2.71. The van der Waals surface area contributed by atoms with Gasteiger partial charge >= 0.3 is 0 Å². The van der Waals surface area contributed by atoms with Crippen LogP contribution < -0.4 is 15.4 Å². The van der Waals surface area contributed by atoms with Crippen molar-refractivity contribution in [2.45, 2.75) is 13.3 Å². The van der Waals surface area contributed by atoms with Crippen molar-refractivity contribution in [2.75, 3.05) is 23.8 Å². The lowest BCUT2D eigenvalue weighted by Gasteiger charge is -2.12. The Morgan fingerprint density at radius 3 is 2.68 bits per heavy atom. The number of amides is 1. The molecule has 0 aliphatic rings. The summed E-state index contributed by atoms with van der Waals surface area (Å²) in [5.74, 6) is 0.407. The first-order chi connectivity index (χ1) is 13.7. The molecule has 0 unspecified atom stereocenters. The largest absolute Gasteiger partial charge is 0.492 e. The topological polar surface area (TPSA) is 63.2 Å². The molecular formula is C22H22ClN3O2. The van der Waals surface area contributed by atoms with E-state index >= 15 is 0 Å². The number of nitrogens with zero attached hydrogens (tertiary/aromatic N) is 1. The third kappa shape index (κ3) is 5.47. The van der Waals surface area contributed by atoms with E-state index in [4.69, 9.17) is 16.3 Å². The summed E-state index contributed by atoms with van der Waals surface area (Å²) >= 11 is 5.90. The van der Waals surface area contributed by atoms with Gasteiger partial charge in [0.2, 0.25) is 0 Å². The van der Waals surface area contributed by atoms with Crippen molar-refractivity contribution in [3.8, 4) is 5.75 Å². The van der Waals surface area contributed by atoms with E-state index in [1.54, 1.807) is 18.5 Å². The zero-order chi connectivity index (χ0) is 19.8. The Morgan fingerprint density at radius 1 is 1.11 bits per heavy atom. The second-order valence-corrected chi connectivity index (χ2v) is 6.59. The molecule has 2 N–H and O–H groups in total. The molecule has 1 heterocycles. The van der Waals surface area contributed by atoms with Gasteiger partial charge in [0.15, 0.2) is 0 Å². The Labute approximate surface area is 169 Å². The minimum Gasteiger partial charge on any atom is -0.492 e. The highest BCUT2D eigenvalue weighted by atomic mass is 35.5. The van der Waals surface area contributed by atoms with Gasteiger partial charge in [-0.2, -0.15) is 0 Å². The van der Waals surface area contributed by atoms with Crippen LogP contribution in [0.1, 0.15) is 22.8 Å². The summed E-state index contributed by atoms with van der Waals surface area (Å²) in [4.78, 5) is 16.8. The maximum atomic E-state index is 12.6. The van der Waals surface area contributed by atoms with Crippen LogP contribution in [0.5, 0.6) is 5.75 Å². The van der Waals surface area contributed by atoms with Gasteiger partial charge in [-0.25, -0.2) is 0 Å². The van der Waals surface area contributed by atoms with E-state index in [0.717, 1.165) is 23.7 Å². The van der Waals surface area contributed by atoms with Crippen molar-refractivity contribution in [3.05, 3.63) is 83.1 Å². The van der Waals surface area contributed by atoms with Crippen LogP contribution in [0.15, 0.2) is 67.0 Å². The van der Waals surface area contributed by atoms with E-state index in [1.807, 2.05) is 55.5 Å². The zero-order valence-corrected chi connectivity index (χ0v) is 16.4. The highest BCUT2D eigenvalue weighted by Gasteiger charge is 2.10. The number of nitrogens with one attached hydrogen (secondary N) is 2. The maximum absolute atomic E-state index is 12.6. The highest BCUT2D eigenvalue weighted by molar-refractivity contribution is 6.30. The van der Waals surface area contributed by atoms with Crippen molar-refractivity contribution in [3.63, 3.8) is 0 Å². The molecule has 0 saturated heterocycles. The second kappa shape index (κ2) is 9.76. The molecule has 0 saturated carbocycles. The first kappa shape index (κ1) is 19.7. The fourth-order valence-corrected chi connectivity index (χ4v) is 2.83. The van der Waals surface area contributed by atoms with Crippen molar-refractivity contribution < 1.29 is 9.53 Å². The molecular weight excluding hydrogens is 374 g/mol. The third-order valence-corrected chi connectivity index (χ3v) is 4.34. The summed E-state index contributed by atoms with van der Waals surface area (Å²) in [5, 5.41) is 6.91. The van der Waals surface area contributed by atoms with E-state index in [-0.39, 0.29) is 5.91 Å². The number of ether oxygens (including phenoxy) is 1. The van der Waals surface area contributed by atoms with Crippen LogP contribution >= 0.6 is 11.6 Å². The average molecular weight is 396 g/mol. The highest BCUT2D eigenvalue weighted by Crippen LogP contribution is 2.24. The van der Waals surface area contributed by atoms with Crippen LogP contribution in [-0.4, -0.2) is 24.0 Å². The minimum absolute atomic E-state index is 0.235. The smallest absolute Gasteiger partial charge is 0.257 e. The normalized spacial score (nSPS) is 10.4. The Balaban J connectivity index is 1.61. The lowest BCUT2D eigenvalue weighted by molar-refractivity contribution is 0.102. The number of carbonyl (C=O) groups is 1. The number of benzene rings is 2. The average Bonchev–Trinajstić information content (AvgIpc) is 2.71. The molecule has 0 aliphatic carbocycles. The minimum atomic E-state index is -0.235. The monoisotopic (exact) mass is 395 g/mol. The van der Waals surface area contributed by atoms with Crippen molar-refractivity contribution in [2.24, 2.45) is 0 Å². The summed E-state index contributed by atoms with van der Waals surface area (Å²) in [6.45, 7) is 3.16. The predicted octanol–water partition coefficient (Wildman–Crippen LogP) is 5.04. The fraction of sp³-hybridized carbons (Fsp3) is 0.182. The number of pyridine rings is 1. The van der Waals surface area contributed by atoms with Crippen LogP contribution in [0.2, 0.25) is 5.02 Å². The number of rotatable bonds is 8. The van der Waals surface area contributed by atoms with Gasteiger partial charge in [-0.15, -0.1) is 0 Å². The molecule has 3 aromatic rings. The third-order valence-electron chi connectivity index (χ3n) is 4.09. The van der Waals surface area contributed by atoms with Crippen LogP contribution in [0, 0.1) is 0 Å². The first-order valence-electron chi connectivity index (χ1n) is 9.12. The lowest BCUT2D eigenvalue weighted by Crippen LogP contribution is -2.14. The number of halogens is 1. The summed E-state index contributed by atoms with van der Waals surface area (Å²) in [7, 11) is 0. The van der Waals surface area contributed by atoms with Gasteiger partial charge in [-0.3, -0.25) is 9.78 Å². The number of hydrogen-bond acceptors (Lipinski definition) is 4. The van der Waals surface area contributed by atoms with Crippen LogP contribution in [0.25, 0.3) is 0 Å². The predicted molar refractivity (Wildman–Crippen MR) is 113 cm³/mol. The molecule has 2 aromatic carbocycles. The Morgan fingerprint density at radius 2 is 1.89 bits per heavy atom. The molecule has 0 atom stereocenters. The van der Waals surface area contributed by atoms with Gasteiger partial charge in [0.25, 0.3) is 5.91 Å². The van der Waals surface area contributed by atoms with E-state index in [1.165, 1.54) is 5.56 Å². The van der Waals surface area contributed by atoms with E-state index in [9.17, 15) is 4.79 Å². The number of carbonyl (C=O) groups excluding carboxylic acids is 1. The number of para-hydroxylation sites is 2. The lowest BCUT2D eigenvalue weighted by atomic mass is 10.1. The molecule has 0 spiro atoms. The summed E-state index contributed by atoms with van der Waals surface area (Å²) < 4.78 is 5.55. The van der Waals surface area contributed by atoms with Crippen LogP contribution in [-0.2, 0) is 6.42 Å². The molecule has 5 nitrogen and oxygen atoms in total. The van der Waals surface area contributed by atoms with E-state index in [0.29, 0.717) is 23.6 Å². The summed E-state index contributed by atoms with van der Waals surface area (Å²) in [6, 6.07) is 16.9. The number of anilines is 2. The molecule has 0 aliphatic heterocycles. The standard InChI is InChI=1S/C22H22ClN3O2/c1-2-28-21-6-4-3-5-20(21)26-22(27)17-13-19(15-24-14-17)25-12-11-16-7-9-18(23)10-8-16/h3-10,13-15,25H,2,11-12H2,1H3,(H,26,27). The molecule has 6 heteroatoms. The molecule has 0 radical (unpaired) electrons. The van der Waals surface area contributed by atoms with Gasteiger partial charge in [-0.05, 0) is 49.2 Å². The molecule has 144 valence electrons. The Bertz CT molecular complexity index is 929. The van der Waals surface area contributed by atoms with Gasteiger partial charge in [0.05, 0.1) is 23.5 Å². The molecule has 1 aromatic heterocycles. The molecule has 3 rings (SSSR count). The SMILES string of the molecule is CCOc1ccccc1NC(=O)c1cncc(NCCc2ccc(Cl)cc2)c1. The van der Waals surface area contributed by atoms with Crippen molar-refractivity contribution in [1.29, 1.82) is 0 Å². The summed E-state index contributed by atoms with van der Waals surface area (Å²) in [6.07, 6.45) is 4.09. The van der Waals surface area contributed by atoms with Crippen LogP contribution in [0.4, 0.5) is 11.4 Å². The first-order valence-corrected chi connectivity index (χ1v) is 9.50. The second-order valence-electron chi connectivity index (χ2n) is 6.15. The van der Waals surface area contributed by atoms with Gasteiger partial charge in [0.1, 0.15) is 5.75 Å². The number of hydrogen-bond donors (Lipinski definition) is 2. The Hall–Kier alpha value is -3.05. The maximum Gasteiger partial charge on any atom is 0.257 e. The Kier molecular flexibility index (Phi) is 6.87. The van der Waals surface area contributed by atoms with Crippen molar-refractivity contribution >= 4 is 28.9 Å².